The average Bonchev–Trinajstić information content (AvgIpc) is 2.94. The minimum absolute atomic E-state index is 0.00580. The Bertz CT molecular complexity index is 1660. The largest absolute Gasteiger partial charge is 0.515 e. The van der Waals surface area contributed by atoms with E-state index in [1.807, 2.05) is 37.3 Å². The summed E-state index contributed by atoms with van der Waals surface area (Å²) < 4.78 is 15.3. The fraction of sp³-hybridized carbons (Fsp3) is 0.333. The molecular weight excluding hydrogens is 489 g/mol. The van der Waals surface area contributed by atoms with Crippen LogP contribution >= 0.6 is 0 Å². The van der Waals surface area contributed by atoms with E-state index < -0.39 is 5.41 Å². The molecular formula is C33H32FN3O2. The third-order valence-electron chi connectivity index (χ3n) is 8.82. The van der Waals surface area contributed by atoms with Gasteiger partial charge in [0.1, 0.15) is 5.82 Å². The summed E-state index contributed by atoms with van der Waals surface area (Å²) in [4.78, 5) is 28.2. The normalized spacial score (nSPS) is 23.7. The molecule has 0 aliphatic heterocycles. The number of allylic oxidation sites excluding steroid dienone is 1. The van der Waals surface area contributed by atoms with Crippen LogP contribution in [0.1, 0.15) is 63.4 Å². The third-order valence-corrected chi connectivity index (χ3v) is 8.82. The summed E-state index contributed by atoms with van der Waals surface area (Å²) in [5.74, 6) is 0.184. The first-order chi connectivity index (χ1) is 18.7. The molecule has 6 heteroatoms. The van der Waals surface area contributed by atoms with Crippen LogP contribution in [0.15, 0.2) is 66.4 Å². The van der Waals surface area contributed by atoms with Crippen LogP contribution < -0.4 is 0 Å². The fourth-order valence-corrected chi connectivity index (χ4v) is 6.74. The molecule has 2 aromatic heterocycles. The Balaban J connectivity index is 1.68. The van der Waals surface area contributed by atoms with Crippen molar-refractivity contribution < 1.29 is 14.3 Å². The van der Waals surface area contributed by atoms with Gasteiger partial charge in [-0.3, -0.25) is 9.78 Å². The zero-order chi connectivity index (χ0) is 27.5. The van der Waals surface area contributed by atoms with Gasteiger partial charge in [-0.15, -0.1) is 0 Å². The molecule has 2 aliphatic rings. The van der Waals surface area contributed by atoms with E-state index in [4.69, 9.17) is 15.0 Å². The van der Waals surface area contributed by atoms with Gasteiger partial charge in [0.05, 0.1) is 23.2 Å². The molecule has 1 saturated carbocycles. The molecule has 0 saturated heterocycles. The number of ketones is 1. The predicted octanol–water partition coefficient (Wildman–Crippen LogP) is 7.49. The lowest BCUT2D eigenvalue weighted by Gasteiger charge is -2.48. The Kier molecular flexibility index (Phi) is 6.09. The molecule has 5 nitrogen and oxygen atoms in total. The molecule has 0 amide bonds. The van der Waals surface area contributed by atoms with Crippen molar-refractivity contribution in [2.75, 3.05) is 0 Å². The molecule has 0 spiro atoms. The van der Waals surface area contributed by atoms with Gasteiger partial charge in [0.2, 0.25) is 0 Å². The molecule has 2 aliphatic carbocycles. The predicted molar refractivity (Wildman–Crippen MR) is 151 cm³/mol. The molecule has 198 valence electrons. The van der Waals surface area contributed by atoms with Crippen molar-refractivity contribution >= 4 is 16.7 Å². The number of halogens is 1. The maximum Gasteiger partial charge on any atom is 0.165 e. The minimum Gasteiger partial charge on any atom is -0.515 e. The van der Waals surface area contributed by atoms with Crippen LogP contribution in [0, 0.1) is 17.7 Å². The van der Waals surface area contributed by atoms with Gasteiger partial charge in [-0.1, -0.05) is 58.0 Å². The van der Waals surface area contributed by atoms with Gasteiger partial charge in [0.15, 0.2) is 11.6 Å². The summed E-state index contributed by atoms with van der Waals surface area (Å²) in [6, 6.07) is 16.7. The Morgan fingerprint density at radius 3 is 2.54 bits per heavy atom. The molecule has 4 aromatic rings. The van der Waals surface area contributed by atoms with Crippen LogP contribution in [0.5, 0.6) is 0 Å². The molecule has 0 radical (unpaired) electrons. The smallest absolute Gasteiger partial charge is 0.165 e. The number of nitrogens with zero attached hydrogens (tertiary/aromatic N) is 3. The second-order valence-corrected chi connectivity index (χ2v) is 11.5. The second kappa shape index (κ2) is 9.37. The topological polar surface area (TPSA) is 76.0 Å². The minimum atomic E-state index is -0.517. The molecule has 39 heavy (non-hydrogen) atoms. The molecule has 2 aromatic carbocycles. The number of pyridine rings is 1. The van der Waals surface area contributed by atoms with Gasteiger partial charge >= 0.3 is 0 Å². The van der Waals surface area contributed by atoms with E-state index in [-0.39, 0.29) is 29.4 Å². The quantitative estimate of drug-likeness (QED) is 0.223. The highest BCUT2D eigenvalue weighted by atomic mass is 19.1. The van der Waals surface area contributed by atoms with E-state index in [9.17, 15) is 9.90 Å². The van der Waals surface area contributed by atoms with Crippen LogP contribution in [0.2, 0.25) is 0 Å². The monoisotopic (exact) mass is 521 g/mol. The lowest BCUT2D eigenvalue weighted by molar-refractivity contribution is -0.124. The highest BCUT2D eigenvalue weighted by Gasteiger charge is 2.51. The van der Waals surface area contributed by atoms with Crippen LogP contribution in [0.25, 0.3) is 33.5 Å². The standard InChI is InChI=1S/C33H32FN3O2/c1-18(2)28-15-24(21-9-6-8-12-27(21)35-28)32-36-29(22-10-5-7-11-26(22)34)23-13-14-25-19(3)30(39)20(17-38)16-33(25,4)31(23)37-32/h5-12,15,17-19,25,38H,13-14,16H2,1-4H3/b20-17-/t19-,25-,33-/m1/s1. The number of para-hydroxylation sites is 1. The first kappa shape index (κ1) is 25.4. The Morgan fingerprint density at radius 1 is 1.05 bits per heavy atom. The third kappa shape index (κ3) is 3.96. The lowest BCUT2D eigenvalue weighted by Crippen LogP contribution is -2.48. The molecule has 0 bridgehead atoms. The summed E-state index contributed by atoms with van der Waals surface area (Å²) in [6.07, 6.45) is 2.77. The first-order valence-corrected chi connectivity index (χ1v) is 13.7. The summed E-state index contributed by atoms with van der Waals surface area (Å²) in [5.41, 5.74) is 5.35. The molecule has 6 rings (SSSR count). The van der Waals surface area contributed by atoms with Gasteiger partial charge in [0, 0.05) is 44.7 Å². The first-order valence-electron chi connectivity index (χ1n) is 13.7. The number of Topliss-reactive ketones (excluding diaryl/α,β-unsaturated/α-hetero) is 1. The number of hydrogen-bond acceptors (Lipinski definition) is 5. The number of benzene rings is 2. The number of rotatable bonds is 3. The zero-order valence-corrected chi connectivity index (χ0v) is 22.7. The maximum absolute atomic E-state index is 15.3. The molecule has 2 heterocycles. The maximum atomic E-state index is 15.3. The van der Waals surface area contributed by atoms with E-state index >= 15 is 4.39 Å². The molecule has 3 atom stereocenters. The van der Waals surface area contributed by atoms with Crippen molar-refractivity contribution in [1.82, 2.24) is 15.0 Å². The van der Waals surface area contributed by atoms with Crippen molar-refractivity contribution in [2.24, 2.45) is 11.8 Å². The van der Waals surface area contributed by atoms with Gasteiger partial charge in [-0.2, -0.15) is 0 Å². The number of carbonyl (C=O) groups excluding carboxylic acids is 1. The average molecular weight is 522 g/mol. The molecule has 0 unspecified atom stereocenters. The van der Waals surface area contributed by atoms with Gasteiger partial charge < -0.3 is 5.11 Å². The van der Waals surface area contributed by atoms with Crippen LogP contribution in [-0.4, -0.2) is 25.8 Å². The van der Waals surface area contributed by atoms with Gasteiger partial charge in [-0.25, -0.2) is 14.4 Å². The summed E-state index contributed by atoms with van der Waals surface area (Å²) in [5, 5.41) is 10.9. The highest BCUT2D eigenvalue weighted by molar-refractivity contribution is 5.98. The number of fused-ring (bicyclic) bond motifs is 4. The second-order valence-electron chi connectivity index (χ2n) is 11.5. The van der Waals surface area contributed by atoms with Crippen molar-refractivity contribution in [3.63, 3.8) is 0 Å². The molecule has 1 fully saturated rings. The number of aromatic nitrogens is 3. The summed E-state index contributed by atoms with van der Waals surface area (Å²) >= 11 is 0. The summed E-state index contributed by atoms with van der Waals surface area (Å²) in [7, 11) is 0. The number of hydrogen-bond donors (Lipinski definition) is 1. The van der Waals surface area contributed by atoms with E-state index in [0.29, 0.717) is 35.5 Å². The number of aliphatic hydroxyl groups is 1. The van der Waals surface area contributed by atoms with E-state index in [1.165, 1.54) is 6.07 Å². The molecule has 1 N–H and O–H groups in total. The zero-order valence-electron chi connectivity index (χ0n) is 22.7. The van der Waals surface area contributed by atoms with Crippen molar-refractivity contribution in [2.45, 2.75) is 58.3 Å². The van der Waals surface area contributed by atoms with E-state index in [2.05, 4.69) is 26.8 Å². The Hall–Kier alpha value is -3.93. The summed E-state index contributed by atoms with van der Waals surface area (Å²) in [6.45, 7) is 8.29. The fourth-order valence-electron chi connectivity index (χ4n) is 6.74. The Morgan fingerprint density at radius 2 is 1.79 bits per heavy atom. The van der Waals surface area contributed by atoms with Crippen molar-refractivity contribution in [3.8, 4) is 22.6 Å². The number of carbonyl (C=O) groups is 1. The van der Waals surface area contributed by atoms with E-state index in [1.54, 1.807) is 12.1 Å². The SMILES string of the molecule is CC(C)c1cc(-c2nc(-c3ccccc3F)c3c(n2)[C@]2(C)C/C(=C/O)C(=O)[C@H](C)[C@H]2CC3)c2ccccc2n1. The lowest BCUT2D eigenvalue weighted by atomic mass is 9.55. The number of aliphatic hydroxyl groups excluding tert-OH is 1. The van der Waals surface area contributed by atoms with Gasteiger partial charge in [-0.05, 0) is 55.4 Å². The van der Waals surface area contributed by atoms with Crippen LogP contribution in [0.4, 0.5) is 4.39 Å². The van der Waals surface area contributed by atoms with Crippen LogP contribution in [0.3, 0.4) is 0 Å². The van der Waals surface area contributed by atoms with E-state index in [0.717, 1.165) is 46.1 Å². The van der Waals surface area contributed by atoms with Crippen molar-refractivity contribution in [3.05, 3.63) is 89.2 Å². The van der Waals surface area contributed by atoms with Crippen molar-refractivity contribution in [1.29, 1.82) is 0 Å². The Labute approximate surface area is 227 Å². The highest BCUT2D eigenvalue weighted by Crippen LogP contribution is 2.53. The van der Waals surface area contributed by atoms with Gasteiger partial charge in [0.25, 0.3) is 0 Å². The van der Waals surface area contributed by atoms with Crippen LogP contribution in [-0.2, 0) is 16.6 Å².